The van der Waals surface area contributed by atoms with Crippen molar-refractivity contribution in [3.8, 4) is 0 Å². The normalized spacial score (nSPS) is 11.9. The number of amides is 1. The minimum atomic E-state index is -4.14. The van der Waals surface area contributed by atoms with Gasteiger partial charge in [0, 0.05) is 18.5 Å². The monoisotopic (exact) mass is 552 g/mol. The molecule has 0 fully saturated rings. The van der Waals surface area contributed by atoms with Crippen LogP contribution in [0, 0.1) is 0 Å². The van der Waals surface area contributed by atoms with E-state index in [1.807, 2.05) is 0 Å². The van der Waals surface area contributed by atoms with Crippen LogP contribution >= 0.6 is 11.3 Å². The molecule has 0 saturated carbocycles. The zero-order valence-corrected chi connectivity index (χ0v) is 21.8. The molecule has 1 atom stereocenters. The predicted molar refractivity (Wildman–Crippen MR) is 142 cm³/mol. The van der Waals surface area contributed by atoms with Crippen molar-refractivity contribution >= 4 is 50.7 Å². The summed E-state index contributed by atoms with van der Waals surface area (Å²) in [6.07, 6.45) is 2.93. The fourth-order valence-corrected chi connectivity index (χ4v) is 5.28. The summed E-state index contributed by atoms with van der Waals surface area (Å²) < 4.78 is 28.4. The van der Waals surface area contributed by atoms with E-state index in [0.29, 0.717) is 19.4 Å². The van der Waals surface area contributed by atoms with E-state index in [1.54, 1.807) is 6.07 Å². The van der Waals surface area contributed by atoms with E-state index in [1.165, 1.54) is 29.6 Å². The lowest BCUT2D eigenvalue weighted by molar-refractivity contribution is -0.139. The molecular formula is C23H32N6O6S2. The van der Waals surface area contributed by atoms with E-state index >= 15 is 0 Å². The number of carbonyl (C=O) groups excluding carboxylic acids is 2. The maximum atomic E-state index is 13.0. The number of carbonyl (C=O) groups is 3. The van der Waals surface area contributed by atoms with Gasteiger partial charge in [-0.15, -0.1) is 11.3 Å². The summed E-state index contributed by atoms with van der Waals surface area (Å²) in [5.74, 6) is -2.29. The van der Waals surface area contributed by atoms with Crippen molar-refractivity contribution in [1.82, 2.24) is 5.32 Å². The lowest BCUT2D eigenvalue weighted by Crippen LogP contribution is -2.40. The Kier molecular flexibility index (Phi) is 11.5. The van der Waals surface area contributed by atoms with E-state index in [9.17, 15) is 27.9 Å². The number of carboxylic acids is 1. The molecule has 1 aromatic carbocycles. The second-order valence-corrected chi connectivity index (χ2v) is 10.7. The molecule has 1 aromatic heterocycles. The lowest BCUT2D eigenvalue weighted by Gasteiger charge is -2.15. The number of benzene rings is 1. The Morgan fingerprint density at radius 1 is 1.08 bits per heavy atom. The fraction of sp³-hybridized carbons (Fsp3) is 0.391. The molecule has 202 valence electrons. The fourth-order valence-electron chi connectivity index (χ4n) is 3.34. The van der Waals surface area contributed by atoms with Gasteiger partial charge in [-0.05, 0) is 55.8 Å². The summed E-state index contributed by atoms with van der Waals surface area (Å²) in [6, 6.07) is 5.84. The smallest absolute Gasteiger partial charge is 0.326 e. The number of nitrogens with two attached hydrogens (primary N) is 3. The van der Waals surface area contributed by atoms with Gasteiger partial charge in [0.25, 0.3) is 15.9 Å². The van der Waals surface area contributed by atoms with E-state index in [-0.39, 0.29) is 52.2 Å². The van der Waals surface area contributed by atoms with E-state index < -0.39 is 27.9 Å². The Hall–Kier alpha value is -3.49. The molecule has 0 unspecified atom stereocenters. The first-order valence-electron chi connectivity index (χ1n) is 11.6. The SMILES string of the molecule is NCCCCCC(=O)c1cccc(S(=O)(=O)Nc2ccsc2C(=O)N[C@@H](CCCN=C(N)N)C(=O)O)c1. The molecule has 0 aliphatic carbocycles. The van der Waals surface area contributed by atoms with E-state index in [0.717, 1.165) is 24.2 Å². The molecule has 0 radical (unpaired) electrons. The first-order valence-corrected chi connectivity index (χ1v) is 13.9. The first-order chi connectivity index (χ1) is 17.5. The summed E-state index contributed by atoms with van der Waals surface area (Å²) in [5, 5.41) is 13.3. The van der Waals surface area contributed by atoms with Crippen LogP contribution in [0.1, 0.15) is 58.6 Å². The van der Waals surface area contributed by atoms with Crippen LogP contribution in [0.25, 0.3) is 0 Å². The Bertz CT molecular complexity index is 1220. The summed E-state index contributed by atoms with van der Waals surface area (Å²) in [5.41, 5.74) is 16.2. The third kappa shape index (κ3) is 9.48. The number of unbranched alkanes of at least 4 members (excludes halogenated alkanes) is 2. The number of hydrogen-bond acceptors (Lipinski definition) is 8. The number of rotatable bonds is 16. The quantitative estimate of drug-likeness (QED) is 0.0767. The number of hydrogen-bond donors (Lipinski definition) is 6. The van der Waals surface area contributed by atoms with Gasteiger partial charge in [0.05, 0.1) is 10.6 Å². The molecule has 14 heteroatoms. The molecule has 1 amide bonds. The molecule has 9 N–H and O–H groups in total. The molecule has 1 heterocycles. The first kappa shape index (κ1) is 29.7. The molecule has 0 aliphatic rings. The molecule has 0 saturated heterocycles. The second-order valence-electron chi connectivity index (χ2n) is 8.13. The van der Waals surface area contributed by atoms with Crippen LogP contribution in [0.2, 0.25) is 0 Å². The molecule has 0 aliphatic heterocycles. The van der Waals surface area contributed by atoms with Crippen LogP contribution < -0.4 is 27.2 Å². The maximum Gasteiger partial charge on any atom is 0.326 e. The average molecular weight is 553 g/mol. The highest BCUT2D eigenvalue weighted by Gasteiger charge is 2.25. The number of carboxylic acid groups (broad SMARTS) is 1. The number of thiophene rings is 1. The zero-order chi connectivity index (χ0) is 27.4. The number of aliphatic carboxylic acids is 1. The average Bonchev–Trinajstić information content (AvgIpc) is 3.30. The van der Waals surface area contributed by atoms with Gasteiger partial charge < -0.3 is 27.6 Å². The van der Waals surface area contributed by atoms with Crippen molar-refractivity contribution in [2.24, 2.45) is 22.2 Å². The highest BCUT2D eigenvalue weighted by Crippen LogP contribution is 2.26. The summed E-state index contributed by atoms with van der Waals surface area (Å²) in [6.45, 7) is 0.744. The van der Waals surface area contributed by atoms with Crippen molar-refractivity contribution in [1.29, 1.82) is 0 Å². The van der Waals surface area contributed by atoms with Gasteiger partial charge in [-0.25, -0.2) is 13.2 Å². The van der Waals surface area contributed by atoms with Crippen LogP contribution in [-0.4, -0.2) is 56.3 Å². The number of anilines is 1. The topological polar surface area (TPSA) is 220 Å². The predicted octanol–water partition coefficient (Wildman–Crippen LogP) is 1.49. The van der Waals surface area contributed by atoms with Crippen LogP contribution in [0.3, 0.4) is 0 Å². The van der Waals surface area contributed by atoms with Crippen LogP contribution in [0.4, 0.5) is 5.69 Å². The lowest BCUT2D eigenvalue weighted by atomic mass is 10.0. The van der Waals surface area contributed by atoms with Crippen LogP contribution in [0.15, 0.2) is 45.6 Å². The van der Waals surface area contributed by atoms with Crippen LogP contribution in [-0.2, 0) is 14.8 Å². The third-order valence-corrected chi connectivity index (χ3v) is 7.52. The van der Waals surface area contributed by atoms with Gasteiger partial charge >= 0.3 is 5.97 Å². The number of ketones is 1. The van der Waals surface area contributed by atoms with Gasteiger partial charge in [-0.3, -0.25) is 19.3 Å². The number of nitrogens with one attached hydrogen (secondary N) is 2. The zero-order valence-electron chi connectivity index (χ0n) is 20.2. The van der Waals surface area contributed by atoms with Gasteiger partial charge in [0.1, 0.15) is 10.9 Å². The third-order valence-electron chi connectivity index (χ3n) is 5.24. The minimum Gasteiger partial charge on any atom is -0.480 e. The largest absolute Gasteiger partial charge is 0.480 e. The Labute approximate surface area is 219 Å². The highest BCUT2D eigenvalue weighted by molar-refractivity contribution is 7.92. The van der Waals surface area contributed by atoms with Gasteiger partial charge in [-0.2, -0.15) is 0 Å². The number of Topliss-reactive ketones (excluding diaryl/α,β-unsaturated/α-hetero) is 1. The number of aliphatic imine (C=N–C) groups is 1. The van der Waals surface area contributed by atoms with Crippen LogP contribution in [0.5, 0.6) is 0 Å². The summed E-state index contributed by atoms with van der Waals surface area (Å²) in [4.78, 5) is 40.4. The molecule has 37 heavy (non-hydrogen) atoms. The Morgan fingerprint density at radius 2 is 1.84 bits per heavy atom. The maximum absolute atomic E-state index is 13.0. The summed E-state index contributed by atoms with van der Waals surface area (Å²) in [7, 11) is -4.14. The molecule has 12 nitrogen and oxygen atoms in total. The molecule has 2 aromatic rings. The van der Waals surface area contributed by atoms with Crippen molar-refractivity contribution in [2.75, 3.05) is 17.8 Å². The van der Waals surface area contributed by atoms with Gasteiger partial charge in [0.15, 0.2) is 11.7 Å². The van der Waals surface area contributed by atoms with Crippen molar-refractivity contribution in [3.05, 3.63) is 46.2 Å². The summed E-state index contributed by atoms with van der Waals surface area (Å²) >= 11 is 0.951. The minimum absolute atomic E-state index is 0.00816. The highest BCUT2D eigenvalue weighted by atomic mass is 32.2. The van der Waals surface area contributed by atoms with E-state index in [4.69, 9.17) is 17.2 Å². The number of guanidine groups is 1. The Balaban J connectivity index is 2.11. The number of sulfonamides is 1. The Morgan fingerprint density at radius 3 is 2.51 bits per heavy atom. The molecule has 0 bridgehead atoms. The van der Waals surface area contributed by atoms with Crippen molar-refractivity contribution in [3.63, 3.8) is 0 Å². The van der Waals surface area contributed by atoms with Crippen molar-refractivity contribution in [2.45, 2.75) is 49.5 Å². The van der Waals surface area contributed by atoms with Crippen molar-refractivity contribution < 1.29 is 27.9 Å². The molecule has 0 spiro atoms. The second kappa shape index (κ2) is 14.3. The standard InChI is InChI=1S/C23H32N6O6S2/c24-11-3-1-2-9-19(30)15-6-4-7-16(14-15)37(34,35)29-17-10-13-36-20(17)21(31)28-18(22(32)33)8-5-12-27-23(25)26/h4,6-7,10,13-14,18,29H,1-3,5,8-9,11-12,24H2,(H,28,31)(H,32,33)(H4,25,26,27)/t18-/m0/s1. The van der Waals surface area contributed by atoms with Gasteiger partial charge in [0.2, 0.25) is 0 Å². The van der Waals surface area contributed by atoms with Gasteiger partial charge in [-0.1, -0.05) is 18.6 Å². The number of nitrogens with zero attached hydrogens (tertiary/aromatic N) is 1. The molecular weight excluding hydrogens is 520 g/mol. The van der Waals surface area contributed by atoms with E-state index in [2.05, 4.69) is 15.0 Å². The molecule has 2 rings (SSSR count).